The lowest BCUT2D eigenvalue weighted by molar-refractivity contribution is -0.108. The zero-order valence-corrected chi connectivity index (χ0v) is 13.6. The molecular weight excluding hydrogens is 288 g/mol. The Hall–Kier alpha value is -0.950. The minimum absolute atomic E-state index is 0.0972. The molecule has 2 rings (SSSR count). The fourth-order valence-corrected chi connectivity index (χ4v) is 4.41. The van der Waals surface area contributed by atoms with Gasteiger partial charge < -0.3 is 10.5 Å². The standard InChI is InChI=1S/C15H24N2O3S/c1-4-20-14-9-13(15(14,2)3)17-21(18,19)12-8-6-5-7-11(12)10-16/h5-8,13-14,17H,4,9-10,16H2,1-3H3. The van der Waals surface area contributed by atoms with Crippen LogP contribution in [0.1, 0.15) is 32.8 Å². The molecule has 3 N–H and O–H groups in total. The van der Waals surface area contributed by atoms with E-state index in [0.29, 0.717) is 18.6 Å². The summed E-state index contributed by atoms with van der Waals surface area (Å²) in [6.07, 6.45) is 0.796. The molecular formula is C15H24N2O3S. The van der Waals surface area contributed by atoms with Gasteiger partial charge >= 0.3 is 0 Å². The summed E-state index contributed by atoms with van der Waals surface area (Å²) < 4.78 is 33.6. The maximum Gasteiger partial charge on any atom is 0.241 e. The fraction of sp³-hybridized carbons (Fsp3) is 0.600. The van der Waals surface area contributed by atoms with Crippen LogP contribution in [-0.4, -0.2) is 27.2 Å². The van der Waals surface area contributed by atoms with Gasteiger partial charge in [-0.15, -0.1) is 0 Å². The quantitative estimate of drug-likeness (QED) is 0.836. The van der Waals surface area contributed by atoms with Crippen molar-refractivity contribution >= 4 is 10.0 Å². The summed E-state index contributed by atoms with van der Waals surface area (Å²) in [5, 5.41) is 0. The Morgan fingerprint density at radius 3 is 2.62 bits per heavy atom. The Kier molecular flexibility index (Phi) is 4.72. The monoisotopic (exact) mass is 312 g/mol. The number of nitrogens with two attached hydrogens (primary N) is 1. The number of ether oxygens (including phenoxy) is 1. The molecule has 6 heteroatoms. The van der Waals surface area contributed by atoms with Crippen molar-refractivity contribution in [2.45, 2.75) is 50.8 Å². The summed E-state index contributed by atoms with van der Waals surface area (Å²) in [5.74, 6) is 0. The maximum absolute atomic E-state index is 12.6. The number of benzene rings is 1. The molecule has 0 aromatic heterocycles. The van der Waals surface area contributed by atoms with E-state index in [9.17, 15) is 8.42 Å². The molecule has 1 fully saturated rings. The summed E-state index contributed by atoms with van der Waals surface area (Å²) in [6.45, 7) is 6.85. The smallest absolute Gasteiger partial charge is 0.241 e. The molecule has 0 saturated heterocycles. The van der Waals surface area contributed by atoms with Crippen molar-refractivity contribution in [1.82, 2.24) is 4.72 Å². The topological polar surface area (TPSA) is 81.4 Å². The van der Waals surface area contributed by atoms with Gasteiger partial charge in [-0.1, -0.05) is 32.0 Å². The zero-order valence-electron chi connectivity index (χ0n) is 12.8. The van der Waals surface area contributed by atoms with Crippen LogP contribution in [0, 0.1) is 5.41 Å². The van der Waals surface area contributed by atoms with Crippen LogP contribution in [0.3, 0.4) is 0 Å². The van der Waals surface area contributed by atoms with Crippen molar-refractivity contribution in [3.63, 3.8) is 0 Å². The van der Waals surface area contributed by atoms with E-state index in [-0.39, 0.29) is 29.0 Å². The molecule has 0 bridgehead atoms. The van der Waals surface area contributed by atoms with Gasteiger partial charge in [0.1, 0.15) is 0 Å². The largest absolute Gasteiger partial charge is 0.378 e. The fourth-order valence-electron chi connectivity index (χ4n) is 2.75. The third-order valence-corrected chi connectivity index (χ3v) is 5.90. The summed E-state index contributed by atoms with van der Waals surface area (Å²) in [7, 11) is -3.56. The molecule has 1 saturated carbocycles. The van der Waals surface area contributed by atoms with Crippen LogP contribution in [0.2, 0.25) is 0 Å². The molecule has 2 unspecified atom stereocenters. The molecule has 0 heterocycles. The Morgan fingerprint density at radius 1 is 1.38 bits per heavy atom. The molecule has 0 aliphatic heterocycles. The van der Waals surface area contributed by atoms with Crippen LogP contribution >= 0.6 is 0 Å². The van der Waals surface area contributed by atoms with E-state index < -0.39 is 10.0 Å². The van der Waals surface area contributed by atoms with Gasteiger partial charge in [0.2, 0.25) is 10.0 Å². The highest BCUT2D eigenvalue weighted by molar-refractivity contribution is 7.89. The predicted octanol–water partition coefficient (Wildman–Crippen LogP) is 1.63. The first-order valence-corrected chi connectivity index (χ1v) is 8.73. The minimum Gasteiger partial charge on any atom is -0.378 e. The first-order valence-electron chi connectivity index (χ1n) is 7.24. The van der Waals surface area contributed by atoms with E-state index in [1.54, 1.807) is 24.3 Å². The lowest BCUT2D eigenvalue weighted by Gasteiger charge is -2.51. The Balaban J connectivity index is 2.16. The van der Waals surface area contributed by atoms with Gasteiger partial charge in [0.05, 0.1) is 11.0 Å². The number of nitrogens with one attached hydrogen (secondary N) is 1. The van der Waals surface area contributed by atoms with E-state index in [4.69, 9.17) is 10.5 Å². The molecule has 1 aliphatic carbocycles. The molecule has 2 atom stereocenters. The van der Waals surface area contributed by atoms with Crippen molar-refractivity contribution in [3.05, 3.63) is 29.8 Å². The second-order valence-electron chi connectivity index (χ2n) is 5.99. The van der Waals surface area contributed by atoms with Crippen LogP contribution in [-0.2, 0) is 21.3 Å². The van der Waals surface area contributed by atoms with Crippen molar-refractivity contribution in [1.29, 1.82) is 0 Å². The van der Waals surface area contributed by atoms with Crippen LogP contribution in [0.15, 0.2) is 29.2 Å². The van der Waals surface area contributed by atoms with Crippen molar-refractivity contribution in [2.75, 3.05) is 6.61 Å². The Morgan fingerprint density at radius 2 is 2.05 bits per heavy atom. The summed E-state index contributed by atoms with van der Waals surface area (Å²) in [4.78, 5) is 0.267. The maximum atomic E-state index is 12.6. The second kappa shape index (κ2) is 6.04. The first kappa shape index (κ1) is 16.4. The molecule has 0 spiro atoms. The normalized spacial score (nSPS) is 24.6. The van der Waals surface area contributed by atoms with E-state index >= 15 is 0 Å². The highest BCUT2D eigenvalue weighted by Crippen LogP contribution is 2.43. The molecule has 5 nitrogen and oxygen atoms in total. The number of sulfonamides is 1. The van der Waals surface area contributed by atoms with Gasteiger partial charge in [0, 0.05) is 24.6 Å². The summed E-state index contributed by atoms with van der Waals surface area (Å²) >= 11 is 0. The lowest BCUT2D eigenvalue weighted by Crippen LogP contribution is -2.62. The number of hydrogen-bond donors (Lipinski definition) is 2. The molecule has 1 aliphatic rings. The second-order valence-corrected chi connectivity index (χ2v) is 7.67. The first-order chi connectivity index (χ1) is 9.82. The van der Waals surface area contributed by atoms with Crippen LogP contribution in [0.4, 0.5) is 0 Å². The molecule has 0 radical (unpaired) electrons. The molecule has 118 valence electrons. The highest BCUT2D eigenvalue weighted by Gasteiger charge is 2.50. The third kappa shape index (κ3) is 3.13. The van der Waals surface area contributed by atoms with E-state index in [0.717, 1.165) is 0 Å². The van der Waals surface area contributed by atoms with E-state index in [1.807, 2.05) is 20.8 Å². The van der Waals surface area contributed by atoms with Gasteiger partial charge in [-0.25, -0.2) is 13.1 Å². The zero-order chi connectivity index (χ0) is 15.7. The number of hydrogen-bond acceptors (Lipinski definition) is 4. The Bertz CT molecular complexity index is 599. The average Bonchev–Trinajstić information content (AvgIpc) is 2.46. The molecule has 0 amide bonds. The van der Waals surface area contributed by atoms with Gasteiger partial charge in [-0.3, -0.25) is 0 Å². The van der Waals surface area contributed by atoms with Crippen LogP contribution in [0.25, 0.3) is 0 Å². The van der Waals surface area contributed by atoms with Crippen LogP contribution in [0.5, 0.6) is 0 Å². The summed E-state index contributed by atoms with van der Waals surface area (Å²) in [6, 6.07) is 6.71. The molecule has 1 aromatic rings. The van der Waals surface area contributed by atoms with Gasteiger partial charge in [0.15, 0.2) is 0 Å². The van der Waals surface area contributed by atoms with Gasteiger partial charge in [-0.2, -0.15) is 0 Å². The average molecular weight is 312 g/mol. The minimum atomic E-state index is -3.56. The van der Waals surface area contributed by atoms with E-state index in [2.05, 4.69) is 4.72 Å². The van der Waals surface area contributed by atoms with Crippen LogP contribution < -0.4 is 10.5 Å². The Labute approximate surface area is 126 Å². The highest BCUT2D eigenvalue weighted by atomic mass is 32.2. The van der Waals surface area contributed by atoms with Crippen molar-refractivity contribution in [3.8, 4) is 0 Å². The van der Waals surface area contributed by atoms with Gasteiger partial charge in [0.25, 0.3) is 0 Å². The summed E-state index contributed by atoms with van der Waals surface area (Å²) in [5.41, 5.74) is 6.05. The van der Waals surface area contributed by atoms with Crippen molar-refractivity contribution in [2.24, 2.45) is 11.1 Å². The SMILES string of the molecule is CCOC1CC(NS(=O)(=O)c2ccccc2CN)C1(C)C. The number of rotatable bonds is 6. The van der Waals surface area contributed by atoms with E-state index in [1.165, 1.54) is 0 Å². The third-order valence-electron chi connectivity index (χ3n) is 4.33. The van der Waals surface area contributed by atoms with Gasteiger partial charge in [-0.05, 0) is 25.0 Å². The lowest BCUT2D eigenvalue weighted by atomic mass is 9.65. The predicted molar refractivity (Wildman–Crippen MR) is 82.3 cm³/mol. The van der Waals surface area contributed by atoms with Crippen molar-refractivity contribution < 1.29 is 13.2 Å². The molecule has 1 aromatic carbocycles. The molecule has 21 heavy (non-hydrogen) atoms.